The van der Waals surface area contributed by atoms with Crippen LogP contribution in [0.2, 0.25) is 0 Å². The maximum atomic E-state index is 11.7. The van der Waals surface area contributed by atoms with Crippen LogP contribution in [-0.4, -0.2) is 42.8 Å². The van der Waals surface area contributed by atoms with Gasteiger partial charge in [-0.25, -0.2) is 4.79 Å². The summed E-state index contributed by atoms with van der Waals surface area (Å²) in [6, 6.07) is 0. The predicted octanol–water partition coefficient (Wildman–Crippen LogP) is 0.534. The summed E-state index contributed by atoms with van der Waals surface area (Å²) in [6.45, 7) is 4.15. The van der Waals surface area contributed by atoms with Gasteiger partial charge in [-0.05, 0) is 13.3 Å². The first-order chi connectivity index (χ1) is 7.08. The van der Waals surface area contributed by atoms with Gasteiger partial charge in [0.15, 0.2) is 0 Å². The molecule has 86 valence electrons. The second-order valence-corrected chi connectivity index (χ2v) is 3.48. The fraction of sp³-hybridized carbons (Fsp3) is 0.800. The quantitative estimate of drug-likeness (QED) is 0.644. The van der Waals surface area contributed by atoms with Crippen molar-refractivity contribution in [3.63, 3.8) is 0 Å². The molecule has 1 fully saturated rings. The van der Waals surface area contributed by atoms with E-state index in [1.165, 1.54) is 18.9 Å². The maximum absolute atomic E-state index is 11.7. The van der Waals surface area contributed by atoms with Gasteiger partial charge in [-0.3, -0.25) is 4.79 Å². The van der Waals surface area contributed by atoms with E-state index in [1.54, 1.807) is 6.92 Å². The number of ether oxygens (including phenoxy) is 2. The van der Waals surface area contributed by atoms with Gasteiger partial charge >= 0.3 is 5.97 Å². The molecule has 1 saturated heterocycles. The summed E-state index contributed by atoms with van der Waals surface area (Å²) in [5.74, 6) is -0.650. The minimum absolute atomic E-state index is 0.161. The number of hydrogen-bond donors (Lipinski definition) is 0. The molecule has 0 bridgehead atoms. The molecule has 1 rings (SSSR count). The molecule has 1 atom stereocenters. The number of esters is 1. The summed E-state index contributed by atoms with van der Waals surface area (Å²) in [6.07, 6.45) is 1.27. The highest BCUT2D eigenvalue weighted by atomic mass is 16.6. The van der Waals surface area contributed by atoms with Crippen LogP contribution in [0.5, 0.6) is 0 Å². The van der Waals surface area contributed by atoms with Crippen molar-refractivity contribution in [2.75, 3.05) is 20.3 Å². The number of amides is 1. The fourth-order valence-electron chi connectivity index (χ4n) is 2.02. The molecule has 0 aromatic heterocycles. The van der Waals surface area contributed by atoms with Crippen LogP contribution in [0.4, 0.5) is 0 Å². The van der Waals surface area contributed by atoms with E-state index < -0.39 is 11.7 Å². The second kappa shape index (κ2) is 4.61. The molecule has 1 aliphatic rings. The van der Waals surface area contributed by atoms with E-state index in [9.17, 15) is 9.59 Å². The van der Waals surface area contributed by atoms with Gasteiger partial charge in [0, 0.05) is 26.5 Å². The highest BCUT2D eigenvalue weighted by Gasteiger charge is 2.51. The van der Waals surface area contributed by atoms with Gasteiger partial charge in [-0.2, -0.15) is 0 Å². The highest BCUT2D eigenvalue weighted by Crippen LogP contribution is 2.31. The molecule has 0 aliphatic carbocycles. The second-order valence-electron chi connectivity index (χ2n) is 3.48. The molecule has 0 aromatic carbocycles. The Morgan fingerprint density at radius 1 is 1.47 bits per heavy atom. The van der Waals surface area contributed by atoms with E-state index in [4.69, 9.17) is 9.47 Å². The van der Waals surface area contributed by atoms with Gasteiger partial charge in [-0.15, -0.1) is 0 Å². The van der Waals surface area contributed by atoms with Crippen molar-refractivity contribution in [3.8, 4) is 0 Å². The van der Waals surface area contributed by atoms with Crippen LogP contribution in [0.1, 0.15) is 26.7 Å². The Bertz CT molecular complexity index is 266. The smallest absolute Gasteiger partial charge is 0.359 e. The number of rotatable bonds is 3. The van der Waals surface area contributed by atoms with Crippen LogP contribution in [0, 0.1) is 0 Å². The molecular formula is C10H17NO4. The molecule has 1 amide bonds. The summed E-state index contributed by atoms with van der Waals surface area (Å²) in [5, 5.41) is 0. The molecule has 1 aliphatic heterocycles. The minimum Gasteiger partial charge on any atom is -0.465 e. The first-order valence-electron chi connectivity index (χ1n) is 5.09. The first kappa shape index (κ1) is 12.0. The average molecular weight is 215 g/mol. The van der Waals surface area contributed by atoms with Crippen LogP contribution in [0.25, 0.3) is 0 Å². The minimum atomic E-state index is -1.19. The van der Waals surface area contributed by atoms with E-state index in [-0.39, 0.29) is 5.91 Å². The first-order valence-corrected chi connectivity index (χ1v) is 5.09. The summed E-state index contributed by atoms with van der Waals surface area (Å²) >= 11 is 0. The zero-order valence-corrected chi connectivity index (χ0v) is 9.41. The molecule has 0 N–H and O–H groups in total. The lowest BCUT2D eigenvalue weighted by Gasteiger charge is -2.34. The van der Waals surface area contributed by atoms with Crippen LogP contribution in [0.15, 0.2) is 0 Å². The van der Waals surface area contributed by atoms with Gasteiger partial charge in [0.2, 0.25) is 11.6 Å². The molecule has 15 heavy (non-hydrogen) atoms. The Morgan fingerprint density at radius 3 is 2.60 bits per heavy atom. The van der Waals surface area contributed by atoms with Crippen molar-refractivity contribution >= 4 is 11.9 Å². The van der Waals surface area contributed by atoms with Gasteiger partial charge in [0.05, 0.1) is 7.11 Å². The molecule has 0 unspecified atom stereocenters. The van der Waals surface area contributed by atoms with Crippen molar-refractivity contribution in [1.29, 1.82) is 0 Å². The standard InChI is InChI=1S/C10H17NO4/c1-4-15-10(9(13)14-3)6-5-7-11(10)8(2)12/h4-7H2,1-3H3/t10-/m1/s1. The van der Waals surface area contributed by atoms with E-state index in [0.29, 0.717) is 19.6 Å². The third kappa shape index (κ3) is 1.97. The third-order valence-corrected chi connectivity index (χ3v) is 2.60. The normalized spacial score (nSPS) is 25.4. The third-order valence-electron chi connectivity index (χ3n) is 2.60. The van der Waals surface area contributed by atoms with E-state index in [0.717, 1.165) is 6.42 Å². The Morgan fingerprint density at radius 2 is 2.13 bits per heavy atom. The lowest BCUT2D eigenvalue weighted by Crippen LogP contribution is -2.55. The summed E-state index contributed by atoms with van der Waals surface area (Å²) < 4.78 is 10.2. The number of likely N-dealkylation sites (tertiary alicyclic amines) is 1. The zero-order chi connectivity index (χ0) is 11.5. The number of methoxy groups -OCH3 is 1. The lowest BCUT2D eigenvalue weighted by atomic mass is 10.1. The summed E-state index contributed by atoms with van der Waals surface area (Å²) in [7, 11) is 1.31. The highest BCUT2D eigenvalue weighted by molar-refractivity contribution is 5.86. The molecule has 0 aromatic rings. The number of hydrogen-bond acceptors (Lipinski definition) is 4. The van der Waals surface area contributed by atoms with Crippen molar-refractivity contribution in [2.24, 2.45) is 0 Å². The zero-order valence-electron chi connectivity index (χ0n) is 9.41. The Balaban J connectivity index is 2.97. The maximum Gasteiger partial charge on any atom is 0.359 e. The van der Waals surface area contributed by atoms with E-state index in [1.807, 2.05) is 0 Å². The topological polar surface area (TPSA) is 55.8 Å². The monoisotopic (exact) mass is 215 g/mol. The van der Waals surface area contributed by atoms with Crippen LogP contribution < -0.4 is 0 Å². The van der Waals surface area contributed by atoms with Crippen LogP contribution >= 0.6 is 0 Å². The Labute approximate surface area is 89.3 Å². The molecule has 5 heteroatoms. The van der Waals surface area contributed by atoms with Gasteiger partial charge in [-0.1, -0.05) is 0 Å². The molecule has 0 spiro atoms. The summed E-state index contributed by atoms with van der Waals surface area (Å²) in [5.41, 5.74) is -1.19. The van der Waals surface area contributed by atoms with Crippen LogP contribution in [-0.2, 0) is 19.1 Å². The Hall–Kier alpha value is -1.10. The lowest BCUT2D eigenvalue weighted by molar-refractivity contribution is -0.195. The van der Waals surface area contributed by atoms with Gasteiger partial charge in [0.25, 0.3) is 0 Å². The van der Waals surface area contributed by atoms with E-state index in [2.05, 4.69) is 0 Å². The molecular weight excluding hydrogens is 198 g/mol. The average Bonchev–Trinajstić information content (AvgIpc) is 2.62. The van der Waals surface area contributed by atoms with Gasteiger partial charge < -0.3 is 14.4 Å². The van der Waals surface area contributed by atoms with Crippen molar-refractivity contribution in [1.82, 2.24) is 4.90 Å². The number of carbonyl (C=O) groups is 2. The largest absolute Gasteiger partial charge is 0.465 e. The SMILES string of the molecule is CCO[C@@]1(C(=O)OC)CCCN1C(C)=O. The van der Waals surface area contributed by atoms with E-state index >= 15 is 0 Å². The molecule has 0 saturated carbocycles. The number of carbonyl (C=O) groups excluding carboxylic acids is 2. The molecule has 0 radical (unpaired) electrons. The van der Waals surface area contributed by atoms with Crippen molar-refractivity contribution in [3.05, 3.63) is 0 Å². The number of nitrogens with zero attached hydrogens (tertiary/aromatic N) is 1. The fourth-order valence-corrected chi connectivity index (χ4v) is 2.02. The Kier molecular flexibility index (Phi) is 3.68. The predicted molar refractivity (Wildman–Crippen MR) is 53.0 cm³/mol. The molecule has 5 nitrogen and oxygen atoms in total. The van der Waals surface area contributed by atoms with Crippen LogP contribution in [0.3, 0.4) is 0 Å². The van der Waals surface area contributed by atoms with Gasteiger partial charge in [0.1, 0.15) is 0 Å². The summed E-state index contributed by atoms with van der Waals surface area (Å²) in [4.78, 5) is 24.5. The molecule has 1 heterocycles. The van der Waals surface area contributed by atoms with Crippen molar-refractivity contribution in [2.45, 2.75) is 32.4 Å². The van der Waals surface area contributed by atoms with Crippen molar-refractivity contribution < 1.29 is 19.1 Å².